The van der Waals surface area contributed by atoms with Crippen molar-refractivity contribution in [2.45, 2.75) is 38.3 Å². The van der Waals surface area contributed by atoms with E-state index in [1.807, 2.05) is 0 Å². The first kappa shape index (κ1) is 13.7. The Labute approximate surface area is 111 Å². The molecule has 1 aliphatic heterocycles. The maximum atomic E-state index is 12.7. The van der Waals surface area contributed by atoms with E-state index in [1.165, 1.54) is 12.1 Å². The Bertz CT molecular complexity index is 436. The lowest BCUT2D eigenvalue weighted by molar-refractivity contribution is 0.142. The number of pyridine rings is 1. The van der Waals surface area contributed by atoms with Crippen molar-refractivity contribution in [2.24, 2.45) is 0 Å². The molecular formula is C13H18FN3O2. The maximum Gasteiger partial charge on any atom is 0.323 e. The number of aromatic nitrogens is 1. The number of likely N-dealkylation sites (tertiary alicyclic amines) is 1. The molecule has 1 saturated heterocycles. The number of nitrogens with zero attached hydrogens (tertiary/aromatic N) is 2. The molecule has 1 fully saturated rings. The predicted molar refractivity (Wildman–Crippen MR) is 69.2 cm³/mol. The Morgan fingerprint density at radius 1 is 1.68 bits per heavy atom. The summed E-state index contributed by atoms with van der Waals surface area (Å²) in [5.41, 5.74) is 0. The molecule has 2 amide bonds. The summed E-state index contributed by atoms with van der Waals surface area (Å²) in [6.07, 6.45) is 3.04. The lowest BCUT2D eigenvalue weighted by Crippen LogP contribution is -2.40. The molecule has 0 aromatic carbocycles. The minimum Gasteiger partial charge on any atom is -0.393 e. The van der Waals surface area contributed by atoms with Gasteiger partial charge in [-0.1, -0.05) is 0 Å². The summed E-state index contributed by atoms with van der Waals surface area (Å²) in [5.74, 6) is -0.111. The molecule has 0 radical (unpaired) electrons. The van der Waals surface area contributed by atoms with Crippen LogP contribution in [0.5, 0.6) is 0 Å². The smallest absolute Gasteiger partial charge is 0.323 e. The molecule has 0 saturated carbocycles. The van der Waals surface area contributed by atoms with Crippen molar-refractivity contribution >= 4 is 11.8 Å². The number of nitrogens with one attached hydrogen (secondary N) is 1. The first-order valence-corrected chi connectivity index (χ1v) is 6.43. The third-order valence-corrected chi connectivity index (χ3v) is 3.21. The van der Waals surface area contributed by atoms with E-state index in [9.17, 15) is 14.3 Å². The average molecular weight is 267 g/mol. The van der Waals surface area contributed by atoms with Gasteiger partial charge in [-0.3, -0.25) is 5.32 Å². The number of aliphatic hydroxyl groups is 1. The fraction of sp³-hybridized carbons (Fsp3) is 0.538. The van der Waals surface area contributed by atoms with E-state index in [-0.39, 0.29) is 12.1 Å². The molecule has 0 unspecified atom stereocenters. The lowest BCUT2D eigenvalue weighted by atomic mass is 10.1. The fourth-order valence-corrected chi connectivity index (χ4v) is 2.37. The van der Waals surface area contributed by atoms with Gasteiger partial charge in [0, 0.05) is 12.6 Å². The molecule has 0 aliphatic carbocycles. The van der Waals surface area contributed by atoms with E-state index in [2.05, 4.69) is 10.3 Å². The number of carbonyl (C=O) groups is 1. The summed E-state index contributed by atoms with van der Waals surface area (Å²) in [5, 5.41) is 12.1. The molecule has 2 N–H and O–H groups in total. The van der Waals surface area contributed by atoms with Crippen LogP contribution in [-0.4, -0.2) is 39.7 Å². The zero-order chi connectivity index (χ0) is 13.8. The molecule has 1 aromatic heterocycles. The highest BCUT2D eigenvalue weighted by Crippen LogP contribution is 2.22. The monoisotopic (exact) mass is 267 g/mol. The van der Waals surface area contributed by atoms with Crippen LogP contribution >= 0.6 is 0 Å². The van der Waals surface area contributed by atoms with Gasteiger partial charge in [0.1, 0.15) is 11.6 Å². The van der Waals surface area contributed by atoms with Crippen molar-refractivity contribution in [2.75, 3.05) is 11.9 Å². The van der Waals surface area contributed by atoms with Crippen molar-refractivity contribution in [3.63, 3.8) is 0 Å². The van der Waals surface area contributed by atoms with E-state index in [4.69, 9.17) is 0 Å². The fourth-order valence-electron chi connectivity index (χ4n) is 2.37. The normalized spacial score (nSPS) is 20.4. The summed E-state index contributed by atoms with van der Waals surface area (Å²) in [7, 11) is 0. The number of rotatable bonds is 3. The second-order valence-corrected chi connectivity index (χ2v) is 4.87. The molecule has 5 nitrogen and oxygen atoms in total. The van der Waals surface area contributed by atoms with Crippen LogP contribution in [0.2, 0.25) is 0 Å². The quantitative estimate of drug-likeness (QED) is 0.880. The van der Waals surface area contributed by atoms with Gasteiger partial charge < -0.3 is 10.0 Å². The number of hydrogen-bond acceptors (Lipinski definition) is 3. The van der Waals surface area contributed by atoms with Crippen LogP contribution in [0.15, 0.2) is 18.3 Å². The van der Waals surface area contributed by atoms with Gasteiger partial charge in [0.15, 0.2) is 0 Å². The van der Waals surface area contributed by atoms with E-state index in [1.54, 1.807) is 11.8 Å². The zero-order valence-corrected chi connectivity index (χ0v) is 10.8. The first-order chi connectivity index (χ1) is 9.06. The highest BCUT2D eigenvalue weighted by atomic mass is 19.1. The van der Waals surface area contributed by atoms with Gasteiger partial charge in [-0.2, -0.15) is 0 Å². The Morgan fingerprint density at radius 3 is 3.11 bits per heavy atom. The lowest BCUT2D eigenvalue weighted by Gasteiger charge is -2.25. The minimum absolute atomic E-state index is 0.0560. The maximum absolute atomic E-state index is 12.7. The molecule has 6 heteroatoms. The zero-order valence-electron chi connectivity index (χ0n) is 10.8. The van der Waals surface area contributed by atoms with Crippen LogP contribution in [0.4, 0.5) is 15.0 Å². The average Bonchev–Trinajstić information content (AvgIpc) is 2.79. The molecule has 2 heterocycles. The summed E-state index contributed by atoms with van der Waals surface area (Å²) >= 11 is 0. The first-order valence-electron chi connectivity index (χ1n) is 6.43. The van der Waals surface area contributed by atoms with E-state index in [0.717, 1.165) is 19.0 Å². The van der Waals surface area contributed by atoms with Gasteiger partial charge in [-0.15, -0.1) is 0 Å². The Morgan fingerprint density at radius 2 is 2.47 bits per heavy atom. The highest BCUT2D eigenvalue weighted by molar-refractivity contribution is 5.88. The summed E-state index contributed by atoms with van der Waals surface area (Å²) in [4.78, 5) is 17.6. The van der Waals surface area contributed by atoms with Crippen LogP contribution < -0.4 is 5.32 Å². The van der Waals surface area contributed by atoms with Crippen LogP contribution in [0, 0.1) is 5.82 Å². The number of amides is 2. The van der Waals surface area contributed by atoms with E-state index < -0.39 is 11.9 Å². The largest absolute Gasteiger partial charge is 0.393 e. The van der Waals surface area contributed by atoms with Crippen LogP contribution in [0.3, 0.4) is 0 Å². The van der Waals surface area contributed by atoms with E-state index >= 15 is 0 Å². The number of carbonyl (C=O) groups excluding carboxylic acids is 1. The summed E-state index contributed by atoms with van der Waals surface area (Å²) in [6, 6.07) is 2.48. The van der Waals surface area contributed by atoms with Gasteiger partial charge in [0.05, 0.1) is 12.3 Å². The molecule has 0 bridgehead atoms. The molecule has 104 valence electrons. The summed E-state index contributed by atoms with van der Waals surface area (Å²) in [6.45, 7) is 2.39. The Kier molecular flexibility index (Phi) is 4.31. The molecule has 1 aliphatic rings. The van der Waals surface area contributed by atoms with Gasteiger partial charge in [0.2, 0.25) is 0 Å². The van der Waals surface area contributed by atoms with Gasteiger partial charge in [-0.25, -0.2) is 14.2 Å². The number of aliphatic hydroxyl groups excluding tert-OH is 1. The number of anilines is 1. The molecule has 0 spiro atoms. The number of urea groups is 1. The second kappa shape index (κ2) is 5.97. The van der Waals surface area contributed by atoms with Crippen LogP contribution in [0.25, 0.3) is 0 Å². The molecular weight excluding hydrogens is 249 g/mol. The van der Waals surface area contributed by atoms with Gasteiger partial charge in [0.25, 0.3) is 0 Å². The molecule has 2 atom stereocenters. The van der Waals surface area contributed by atoms with Gasteiger partial charge in [-0.05, 0) is 38.3 Å². The van der Waals surface area contributed by atoms with Crippen molar-refractivity contribution < 1.29 is 14.3 Å². The topological polar surface area (TPSA) is 65.5 Å². The molecule has 1 aromatic rings. The second-order valence-electron chi connectivity index (χ2n) is 4.87. The van der Waals surface area contributed by atoms with E-state index in [0.29, 0.717) is 18.8 Å². The number of halogens is 1. The minimum atomic E-state index is -0.439. The van der Waals surface area contributed by atoms with Crippen molar-refractivity contribution in [3.05, 3.63) is 24.1 Å². The molecule has 19 heavy (non-hydrogen) atoms. The highest BCUT2D eigenvalue weighted by Gasteiger charge is 2.29. The van der Waals surface area contributed by atoms with Crippen molar-refractivity contribution in [1.82, 2.24) is 9.88 Å². The van der Waals surface area contributed by atoms with Crippen molar-refractivity contribution in [3.8, 4) is 0 Å². The SMILES string of the molecule is C[C@@H](O)C[C@@H]1CCCN1C(=O)Nc1ccc(F)cn1. The third-order valence-electron chi connectivity index (χ3n) is 3.21. The predicted octanol–water partition coefficient (Wildman–Crippen LogP) is 1.99. The third kappa shape index (κ3) is 3.64. The Hall–Kier alpha value is -1.69. The standard InChI is InChI=1S/C13H18FN3O2/c1-9(18)7-11-3-2-6-17(11)13(19)16-12-5-4-10(14)8-15-12/h4-5,8-9,11,18H,2-3,6-7H2,1H3,(H,15,16,19)/t9-,11+/m1/s1. The summed E-state index contributed by atoms with van der Waals surface area (Å²) < 4.78 is 12.7. The van der Waals surface area contributed by atoms with Crippen LogP contribution in [-0.2, 0) is 0 Å². The van der Waals surface area contributed by atoms with Gasteiger partial charge >= 0.3 is 6.03 Å². The number of hydrogen-bond donors (Lipinski definition) is 2. The van der Waals surface area contributed by atoms with Crippen molar-refractivity contribution in [1.29, 1.82) is 0 Å². The Balaban J connectivity index is 1.97. The van der Waals surface area contributed by atoms with Crippen LogP contribution in [0.1, 0.15) is 26.2 Å². The molecule has 2 rings (SSSR count).